The van der Waals surface area contributed by atoms with Crippen molar-refractivity contribution in [1.82, 2.24) is 14.9 Å². The lowest BCUT2D eigenvalue weighted by Crippen LogP contribution is -2.40. The van der Waals surface area contributed by atoms with E-state index in [0.717, 1.165) is 23.4 Å². The number of hydrogen-bond donors (Lipinski definition) is 0. The van der Waals surface area contributed by atoms with E-state index < -0.39 is 17.0 Å². The fourth-order valence-electron chi connectivity index (χ4n) is 4.86. The van der Waals surface area contributed by atoms with Gasteiger partial charge in [0.2, 0.25) is 0 Å². The summed E-state index contributed by atoms with van der Waals surface area (Å²) in [7, 11) is 0. The summed E-state index contributed by atoms with van der Waals surface area (Å²) >= 11 is 0. The Morgan fingerprint density at radius 3 is 2.58 bits per heavy atom. The number of allylic oxidation sites excluding steroid dienone is 4. The maximum atomic E-state index is 14.3. The van der Waals surface area contributed by atoms with E-state index >= 15 is 0 Å². The maximum absolute atomic E-state index is 14.3. The SMILES string of the molecule is C/C=C(/C1=C(c2ccncn2)CC(C)C=C1)N1CCC(C#N)(Cc2c(F)cccc2F)CC1. The first-order valence-electron chi connectivity index (χ1n) is 11.4. The molecule has 2 heterocycles. The Labute approximate surface area is 194 Å². The molecule has 1 atom stereocenters. The molecule has 2 aromatic rings. The highest BCUT2D eigenvalue weighted by Gasteiger charge is 2.37. The molecule has 1 aliphatic heterocycles. The van der Waals surface area contributed by atoms with Crippen LogP contribution in [0, 0.1) is 34.3 Å². The topological polar surface area (TPSA) is 52.8 Å². The van der Waals surface area contributed by atoms with Gasteiger partial charge >= 0.3 is 0 Å². The molecule has 170 valence electrons. The number of aromatic nitrogens is 2. The van der Waals surface area contributed by atoms with Gasteiger partial charge in [-0.25, -0.2) is 18.7 Å². The van der Waals surface area contributed by atoms with Crippen LogP contribution in [0.4, 0.5) is 8.78 Å². The van der Waals surface area contributed by atoms with Gasteiger partial charge < -0.3 is 4.90 Å². The van der Waals surface area contributed by atoms with E-state index in [9.17, 15) is 14.0 Å². The van der Waals surface area contributed by atoms with Gasteiger partial charge in [0.25, 0.3) is 0 Å². The number of halogens is 2. The number of hydrogen-bond acceptors (Lipinski definition) is 4. The van der Waals surface area contributed by atoms with E-state index in [0.29, 0.717) is 31.8 Å². The molecule has 4 nitrogen and oxygen atoms in total. The highest BCUT2D eigenvalue weighted by molar-refractivity contribution is 5.74. The molecule has 0 saturated carbocycles. The van der Waals surface area contributed by atoms with Gasteiger partial charge in [0.15, 0.2) is 0 Å². The molecule has 0 bridgehead atoms. The van der Waals surface area contributed by atoms with Gasteiger partial charge in [0, 0.05) is 36.1 Å². The molecule has 1 aliphatic carbocycles. The largest absolute Gasteiger partial charge is 0.371 e. The first kappa shape index (κ1) is 22.8. The Bertz CT molecular complexity index is 1120. The summed E-state index contributed by atoms with van der Waals surface area (Å²) in [5, 5.41) is 9.97. The Morgan fingerprint density at radius 2 is 1.97 bits per heavy atom. The zero-order valence-corrected chi connectivity index (χ0v) is 19.1. The van der Waals surface area contributed by atoms with Crippen molar-refractivity contribution in [3.63, 3.8) is 0 Å². The molecule has 0 radical (unpaired) electrons. The third kappa shape index (κ3) is 4.73. The minimum absolute atomic E-state index is 0.0108. The molecule has 0 spiro atoms. The maximum Gasteiger partial charge on any atom is 0.129 e. The summed E-state index contributed by atoms with van der Waals surface area (Å²) < 4.78 is 28.5. The van der Waals surface area contributed by atoms with E-state index in [-0.39, 0.29) is 12.0 Å². The number of benzene rings is 1. The quantitative estimate of drug-likeness (QED) is 0.578. The van der Waals surface area contributed by atoms with Crippen molar-refractivity contribution in [2.75, 3.05) is 13.1 Å². The molecule has 4 rings (SSSR count). The van der Waals surface area contributed by atoms with Gasteiger partial charge in [-0.05, 0) is 62.3 Å². The van der Waals surface area contributed by atoms with Crippen LogP contribution in [0.2, 0.25) is 0 Å². The molecule has 1 saturated heterocycles. The van der Waals surface area contributed by atoms with E-state index in [1.807, 2.05) is 13.0 Å². The molecular formula is C27H28F2N4. The van der Waals surface area contributed by atoms with Gasteiger partial charge in [-0.15, -0.1) is 0 Å². The lowest BCUT2D eigenvalue weighted by Gasteiger charge is -2.40. The molecular weight excluding hydrogens is 418 g/mol. The molecule has 0 amide bonds. The van der Waals surface area contributed by atoms with Gasteiger partial charge in [0.05, 0.1) is 17.2 Å². The van der Waals surface area contributed by atoms with E-state index in [1.165, 1.54) is 23.8 Å². The van der Waals surface area contributed by atoms with Crippen molar-refractivity contribution in [1.29, 1.82) is 5.26 Å². The van der Waals surface area contributed by atoms with Crippen molar-refractivity contribution < 1.29 is 8.78 Å². The minimum Gasteiger partial charge on any atom is -0.371 e. The van der Waals surface area contributed by atoms with Crippen molar-refractivity contribution in [2.24, 2.45) is 11.3 Å². The predicted molar refractivity (Wildman–Crippen MR) is 125 cm³/mol. The normalized spacial score (nSPS) is 20.6. The Kier molecular flexibility index (Phi) is 6.69. The first-order valence-corrected chi connectivity index (χ1v) is 11.4. The van der Waals surface area contributed by atoms with Crippen LogP contribution in [-0.4, -0.2) is 28.0 Å². The fourth-order valence-corrected chi connectivity index (χ4v) is 4.86. The van der Waals surface area contributed by atoms with Crippen molar-refractivity contribution in [3.8, 4) is 6.07 Å². The van der Waals surface area contributed by atoms with Gasteiger partial charge in [-0.3, -0.25) is 0 Å². The van der Waals surface area contributed by atoms with Crippen molar-refractivity contribution in [2.45, 2.75) is 39.5 Å². The van der Waals surface area contributed by atoms with E-state index in [1.54, 1.807) is 12.5 Å². The van der Waals surface area contributed by atoms with Crippen LogP contribution in [0.3, 0.4) is 0 Å². The minimum atomic E-state index is -0.779. The number of rotatable bonds is 5. The van der Waals surface area contributed by atoms with Crippen molar-refractivity contribution in [3.05, 3.63) is 89.2 Å². The van der Waals surface area contributed by atoms with Crippen LogP contribution in [-0.2, 0) is 6.42 Å². The second-order valence-electron chi connectivity index (χ2n) is 8.96. The van der Waals surface area contributed by atoms with Crippen LogP contribution in [0.5, 0.6) is 0 Å². The van der Waals surface area contributed by atoms with Crippen molar-refractivity contribution >= 4 is 5.57 Å². The van der Waals surface area contributed by atoms with Crippen LogP contribution in [0.1, 0.15) is 44.4 Å². The first-order chi connectivity index (χ1) is 16.0. The average molecular weight is 447 g/mol. The summed E-state index contributed by atoms with van der Waals surface area (Å²) in [6.45, 7) is 5.50. The highest BCUT2D eigenvalue weighted by atomic mass is 19.1. The predicted octanol–water partition coefficient (Wildman–Crippen LogP) is 5.86. The number of likely N-dealkylation sites (tertiary alicyclic amines) is 1. The Hall–Kier alpha value is -3.33. The lowest BCUT2D eigenvalue weighted by atomic mass is 9.74. The Morgan fingerprint density at radius 1 is 1.24 bits per heavy atom. The number of nitriles is 1. The summed E-state index contributed by atoms with van der Waals surface area (Å²) in [6, 6.07) is 8.21. The molecule has 1 fully saturated rings. The smallest absolute Gasteiger partial charge is 0.129 e. The monoisotopic (exact) mass is 446 g/mol. The van der Waals surface area contributed by atoms with Gasteiger partial charge in [-0.1, -0.05) is 31.2 Å². The van der Waals surface area contributed by atoms with Crippen LogP contribution in [0.15, 0.2) is 66.3 Å². The average Bonchev–Trinajstić information content (AvgIpc) is 2.84. The molecule has 0 N–H and O–H groups in total. The molecule has 6 heteroatoms. The molecule has 2 aliphatic rings. The van der Waals surface area contributed by atoms with Gasteiger partial charge in [-0.2, -0.15) is 5.26 Å². The molecule has 1 unspecified atom stereocenters. The fraction of sp³-hybridized carbons (Fsp3) is 0.370. The molecule has 1 aromatic carbocycles. The highest BCUT2D eigenvalue weighted by Crippen LogP contribution is 2.40. The third-order valence-electron chi connectivity index (χ3n) is 6.76. The summed E-state index contributed by atoms with van der Waals surface area (Å²) in [6.07, 6.45) is 11.9. The second kappa shape index (κ2) is 9.66. The summed E-state index contributed by atoms with van der Waals surface area (Å²) in [4.78, 5) is 10.8. The second-order valence-corrected chi connectivity index (χ2v) is 8.96. The summed E-state index contributed by atoms with van der Waals surface area (Å²) in [5.41, 5.74) is 3.59. The zero-order valence-electron chi connectivity index (χ0n) is 19.1. The van der Waals surface area contributed by atoms with Crippen LogP contribution < -0.4 is 0 Å². The Balaban J connectivity index is 1.58. The molecule has 1 aromatic heterocycles. The third-order valence-corrected chi connectivity index (χ3v) is 6.76. The number of nitrogens with zero attached hydrogens (tertiary/aromatic N) is 4. The number of piperidine rings is 1. The van der Waals surface area contributed by atoms with E-state index in [4.69, 9.17) is 0 Å². The lowest BCUT2D eigenvalue weighted by molar-refractivity contribution is 0.176. The summed E-state index contributed by atoms with van der Waals surface area (Å²) in [5.74, 6) is -0.746. The standard InChI is InChI=1S/C27H28F2N4/c1-3-26(20-8-7-19(2)15-21(20)25-9-12-31-18-32-25)33-13-10-27(17-30,11-14-33)16-22-23(28)5-4-6-24(22)29/h3-9,12,18-19H,10-11,13-16H2,1-2H3/b26-3-. The van der Waals surface area contributed by atoms with Gasteiger partial charge in [0.1, 0.15) is 18.0 Å². The van der Waals surface area contributed by atoms with E-state index in [2.05, 4.69) is 46.1 Å². The zero-order chi connectivity index (χ0) is 23.4. The van der Waals surface area contributed by atoms with Crippen LogP contribution in [0.25, 0.3) is 5.57 Å². The molecule has 33 heavy (non-hydrogen) atoms. The van der Waals surface area contributed by atoms with Crippen LogP contribution >= 0.6 is 0 Å².